The summed E-state index contributed by atoms with van der Waals surface area (Å²) < 4.78 is 5.42. The monoisotopic (exact) mass is 345 g/mol. The number of benzene rings is 1. The molecule has 25 heavy (non-hydrogen) atoms. The van der Waals surface area contributed by atoms with Crippen LogP contribution in [-0.2, 0) is 4.79 Å². The molecule has 0 unspecified atom stereocenters. The van der Waals surface area contributed by atoms with Gasteiger partial charge < -0.3 is 10.1 Å². The molecule has 0 radical (unpaired) electrons. The van der Waals surface area contributed by atoms with Gasteiger partial charge in [-0.25, -0.2) is 0 Å². The normalized spacial score (nSPS) is 17.0. The summed E-state index contributed by atoms with van der Waals surface area (Å²) in [5, 5.41) is 23.3. The van der Waals surface area contributed by atoms with Crippen molar-refractivity contribution in [1.29, 1.82) is 5.26 Å². The number of nitriles is 1. The number of nitrogens with one attached hydrogen (secondary N) is 1. The third-order valence-electron chi connectivity index (χ3n) is 4.27. The Kier molecular flexibility index (Phi) is 5.70. The molecule has 1 saturated carbocycles. The van der Waals surface area contributed by atoms with Crippen LogP contribution in [0.4, 0.5) is 5.69 Å². The van der Waals surface area contributed by atoms with E-state index in [2.05, 4.69) is 11.4 Å². The van der Waals surface area contributed by atoms with E-state index in [1.54, 1.807) is 0 Å². The van der Waals surface area contributed by atoms with Crippen LogP contribution in [0.5, 0.6) is 5.75 Å². The second kappa shape index (κ2) is 7.75. The molecule has 0 aliphatic heterocycles. The van der Waals surface area contributed by atoms with Gasteiger partial charge in [-0.3, -0.25) is 19.7 Å². The summed E-state index contributed by atoms with van der Waals surface area (Å²) in [6.07, 6.45) is 3.39. The van der Waals surface area contributed by atoms with Crippen LogP contribution in [0, 0.1) is 21.4 Å². The number of rotatable bonds is 6. The lowest BCUT2D eigenvalue weighted by atomic mass is 9.83. The van der Waals surface area contributed by atoms with Crippen LogP contribution in [0.1, 0.15) is 49.4 Å². The summed E-state index contributed by atoms with van der Waals surface area (Å²) in [5.74, 6) is -0.606. The molecule has 0 aromatic heterocycles. The van der Waals surface area contributed by atoms with Crippen LogP contribution >= 0.6 is 0 Å². The number of carbonyl (C=O) groups is 2. The van der Waals surface area contributed by atoms with E-state index < -0.39 is 28.2 Å². The quantitative estimate of drug-likeness (QED) is 0.480. The molecule has 1 amide bonds. The molecule has 1 N–H and O–H groups in total. The van der Waals surface area contributed by atoms with Gasteiger partial charge in [0.25, 0.3) is 5.91 Å². The minimum atomic E-state index is -1.02. The van der Waals surface area contributed by atoms with Crippen LogP contribution in [0.3, 0.4) is 0 Å². The van der Waals surface area contributed by atoms with E-state index in [0.29, 0.717) is 19.1 Å². The number of aldehydes is 1. The van der Waals surface area contributed by atoms with Crippen LogP contribution in [0.25, 0.3) is 0 Å². The van der Waals surface area contributed by atoms with Gasteiger partial charge in [0, 0.05) is 11.6 Å². The standard InChI is InChI=1S/C17H19N3O5/c1-12(16(22)19-17(11-18)7-3-2-4-8-17)25-15-6-5-13(10-21)9-14(15)20(23)24/h5-6,9-10,12H,2-4,7-8H2,1H3,(H,19,22)/t12-/m1/s1. The molecule has 0 spiro atoms. The van der Waals surface area contributed by atoms with E-state index in [4.69, 9.17) is 4.74 Å². The number of amides is 1. The fourth-order valence-corrected chi connectivity index (χ4v) is 2.85. The first-order chi connectivity index (χ1) is 11.9. The number of ether oxygens (including phenoxy) is 1. The molecule has 8 heteroatoms. The van der Waals surface area contributed by atoms with Crippen molar-refractivity contribution in [3.63, 3.8) is 0 Å². The Labute approximate surface area is 144 Å². The highest BCUT2D eigenvalue weighted by Crippen LogP contribution is 2.30. The Morgan fingerprint density at radius 1 is 1.44 bits per heavy atom. The Morgan fingerprint density at radius 3 is 2.68 bits per heavy atom. The molecular weight excluding hydrogens is 326 g/mol. The van der Waals surface area contributed by atoms with Crippen LogP contribution in [0.15, 0.2) is 18.2 Å². The highest BCUT2D eigenvalue weighted by Gasteiger charge is 2.35. The zero-order valence-corrected chi connectivity index (χ0v) is 13.9. The van der Waals surface area contributed by atoms with Gasteiger partial charge in [0.1, 0.15) is 11.8 Å². The smallest absolute Gasteiger partial charge is 0.311 e. The van der Waals surface area contributed by atoms with E-state index in [1.165, 1.54) is 19.1 Å². The van der Waals surface area contributed by atoms with Crippen LogP contribution in [0.2, 0.25) is 0 Å². The number of hydrogen-bond acceptors (Lipinski definition) is 6. The maximum absolute atomic E-state index is 12.4. The molecule has 1 fully saturated rings. The minimum Gasteiger partial charge on any atom is -0.474 e. The summed E-state index contributed by atoms with van der Waals surface area (Å²) in [5.41, 5.74) is -1.15. The van der Waals surface area contributed by atoms with Gasteiger partial charge in [0.15, 0.2) is 11.9 Å². The molecule has 1 aliphatic carbocycles. The fourth-order valence-electron chi connectivity index (χ4n) is 2.85. The fraction of sp³-hybridized carbons (Fsp3) is 0.471. The maximum Gasteiger partial charge on any atom is 0.311 e. The van der Waals surface area contributed by atoms with Crippen molar-refractivity contribution in [2.24, 2.45) is 0 Å². The summed E-state index contributed by atoms with van der Waals surface area (Å²) >= 11 is 0. The van der Waals surface area contributed by atoms with Crippen molar-refractivity contribution < 1.29 is 19.2 Å². The summed E-state index contributed by atoms with van der Waals surface area (Å²) in [6.45, 7) is 1.46. The highest BCUT2D eigenvalue weighted by atomic mass is 16.6. The molecule has 0 bridgehead atoms. The van der Waals surface area contributed by atoms with Crippen molar-refractivity contribution in [2.45, 2.75) is 50.7 Å². The van der Waals surface area contributed by atoms with E-state index in [-0.39, 0.29) is 11.3 Å². The first kappa shape index (κ1) is 18.4. The van der Waals surface area contributed by atoms with Crippen molar-refractivity contribution in [3.05, 3.63) is 33.9 Å². The first-order valence-electron chi connectivity index (χ1n) is 8.04. The average molecular weight is 345 g/mol. The largest absolute Gasteiger partial charge is 0.474 e. The van der Waals surface area contributed by atoms with Crippen molar-refractivity contribution in [1.82, 2.24) is 5.32 Å². The molecular formula is C17H19N3O5. The van der Waals surface area contributed by atoms with E-state index >= 15 is 0 Å². The Morgan fingerprint density at radius 2 is 2.12 bits per heavy atom. The Balaban J connectivity index is 2.12. The number of nitro groups is 1. The molecule has 1 aromatic rings. The minimum absolute atomic E-state index is 0.104. The Hall–Kier alpha value is -2.95. The maximum atomic E-state index is 12.4. The first-order valence-corrected chi connectivity index (χ1v) is 8.04. The lowest BCUT2D eigenvalue weighted by Gasteiger charge is -2.32. The van der Waals surface area contributed by atoms with Gasteiger partial charge in [-0.15, -0.1) is 0 Å². The van der Waals surface area contributed by atoms with E-state index in [0.717, 1.165) is 25.3 Å². The van der Waals surface area contributed by atoms with Crippen molar-refractivity contribution >= 4 is 17.9 Å². The zero-order chi connectivity index (χ0) is 18.4. The van der Waals surface area contributed by atoms with Gasteiger partial charge in [0.2, 0.25) is 0 Å². The van der Waals surface area contributed by atoms with Gasteiger partial charge >= 0.3 is 5.69 Å². The van der Waals surface area contributed by atoms with Crippen LogP contribution in [-0.4, -0.2) is 28.8 Å². The molecule has 1 aliphatic rings. The van der Waals surface area contributed by atoms with Crippen molar-refractivity contribution in [3.8, 4) is 11.8 Å². The van der Waals surface area contributed by atoms with E-state index in [1.807, 2.05) is 0 Å². The zero-order valence-electron chi connectivity index (χ0n) is 13.9. The predicted octanol–water partition coefficient (Wildman–Crippen LogP) is 2.52. The summed E-state index contributed by atoms with van der Waals surface area (Å²) in [7, 11) is 0. The second-order valence-electron chi connectivity index (χ2n) is 6.11. The number of nitro benzene ring substituents is 1. The second-order valence-corrected chi connectivity index (χ2v) is 6.11. The predicted molar refractivity (Wildman–Crippen MR) is 88.1 cm³/mol. The van der Waals surface area contributed by atoms with Gasteiger partial charge in [0.05, 0.1) is 11.0 Å². The number of nitrogens with zero attached hydrogens (tertiary/aromatic N) is 2. The number of carbonyl (C=O) groups excluding carboxylic acids is 2. The third kappa shape index (κ3) is 4.32. The lowest BCUT2D eigenvalue weighted by molar-refractivity contribution is -0.386. The average Bonchev–Trinajstić information content (AvgIpc) is 2.62. The number of hydrogen-bond donors (Lipinski definition) is 1. The van der Waals surface area contributed by atoms with Gasteiger partial charge in [-0.1, -0.05) is 19.3 Å². The lowest BCUT2D eigenvalue weighted by Crippen LogP contribution is -2.52. The molecule has 1 aromatic carbocycles. The topological polar surface area (TPSA) is 122 Å². The molecule has 8 nitrogen and oxygen atoms in total. The van der Waals surface area contributed by atoms with Crippen molar-refractivity contribution in [2.75, 3.05) is 0 Å². The molecule has 0 saturated heterocycles. The van der Waals surface area contributed by atoms with E-state index in [9.17, 15) is 25.0 Å². The molecule has 1 atom stereocenters. The highest BCUT2D eigenvalue weighted by molar-refractivity contribution is 5.82. The SMILES string of the molecule is C[C@@H](Oc1ccc(C=O)cc1[N+](=O)[O-])C(=O)NC1(C#N)CCCCC1. The molecule has 2 rings (SSSR count). The molecule has 0 heterocycles. The summed E-state index contributed by atoms with van der Waals surface area (Å²) in [6, 6.07) is 5.92. The summed E-state index contributed by atoms with van der Waals surface area (Å²) in [4.78, 5) is 33.6. The Bertz CT molecular complexity index is 719. The van der Waals surface area contributed by atoms with Gasteiger partial charge in [-0.2, -0.15) is 5.26 Å². The molecule has 132 valence electrons. The van der Waals surface area contributed by atoms with Crippen LogP contribution < -0.4 is 10.1 Å². The van der Waals surface area contributed by atoms with Gasteiger partial charge in [-0.05, 0) is 31.9 Å². The third-order valence-corrected chi connectivity index (χ3v) is 4.27.